The van der Waals surface area contributed by atoms with Crippen molar-refractivity contribution in [3.05, 3.63) is 83.2 Å². The monoisotopic (exact) mass is 505 g/mol. The molecule has 4 aliphatic heterocycles. The fraction of sp³-hybridized carbons (Fsp3) is 0.452. The van der Waals surface area contributed by atoms with Crippen molar-refractivity contribution in [2.24, 2.45) is 0 Å². The minimum atomic E-state index is 0.393. The maximum Gasteiger partial charge on any atom is 0.122 e. The minimum Gasteiger partial charge on any atom is -0.497 e. The van der Waals surface area contributed by atoms with Crippen molar-refractivity contribution in [3.8, 4) is 17.2 Å². The lowest BCUT2D eigenvalue weighted by molar-refractivity contribution is 0.0977. The van der Waals surface area contributed by atoms with E-state index >= 15 is 0 Å². The molecule has 198 valence electrons. The summed E-state index contributed by atoms with van der Waals surface area (Å²) in [5.74, 6) is 2.56. The molecule has 0 amide bonds. The van der Waals surface area contributed by atoms with Gasteiger partial charge in [-0.3, -0.25) is 4.98 Å². The first-order valence-corrected chi connectivity index (χ1v) is 13.4. The van der Waals surface area contributed by atoms with Crippen LogP contribution in [0.2, 0.25) is 0 Å². The minimum absolute atomic E-state index is 0.393. The van der Waals surface area contributed by atoms with Crippen LogP contribution in [-0.4, -0.2) is 25.3 Å². The normalized spacial score (nSPS) is 16.7. The van der Waals surface area contributed by atoms with Crippen LogP contribution in [0, 0.1) is 0 Å². The van der Waals surface area contributed by atoms with Crippen LogP contribution in [0.5, 0.6) is 17.2 Å². The van der Waals surface area contributed by atoms with Gasteiger partial charge >= 0.3 is 0 Å². The van der Waals surface area contributed by atoms with Crippen LogP contribution in [0.15, 0.2) is 60.7 Å². The van der Waals surface area contributed by atoms with Crippen LogP contribution in [0.4, 0.5) is 0 Å². The number of nitrogens with zero attached hydrogens (tertiary/aromatic N) is 1. The van der Waals surface area contributed by atoms with E-state index in [9.17, 15) is 0 Å². The van der Waals surface area contributed by atoms with Crippen molar-refractivity contribution in [3.63, 3.8) is 0 Å². The van der Waals surface area contributed by atoms with Gasteiger partial charge in [0.1, 0.15) is 17.2 Å². The van der Waals surface area contributed by atoms with Gasteiger partial charge in [0, 0.05) is 12.1 Å². The number of hydrogen-bond acceptors (Lipinski definition) is 6. The Kier molecular flexibility index (Phi) is 11.1. The summed E-state index contributed by atoms with van der Waals surface area (Å²) in [6.07, 6.45) is 8.38. The van der Waals surface area contributed by atoms with Crippen molar-refractivity contribution in [1.82, 2.24) is 4.98 Å². The molecule has 0 fully saturated rings. The number of hydrogen-bond donors (Lipinski definition) is 0. The summed E-state index contributed by atoms with van der Waals surface area (Å²) in [5.41, 5.74) is 3.83. The highest BCUT2D eigenvalue weighted by atomic mass is 16.5. The lowest BCUT2D eigenvalue weighted by Gasteiger charge is -2.11. The van der Waals surface area contributed by atoms with E-state index in [0.29, 0.717) is 26.4 Å². The molecule has 37 heavy (non-hydrogen) atoms. The Hall–Kier alpha value is -3.09. The molecule has 0 atom stereocenters. The molecule has 0 saturated heterocycles. The third kappa shape index (κ3) is 9.71. The molecule has 5 heterocycles. The first-order chi connectivity index (χ1) is 18.3. The van der Waals surface area contributed by atoms with Gasteiger partial charge in [-0.15, -0.1) is 0 Å². The number of pyridine rings is 1. The molecule has 7 rings (SSSR count). The van der Waals surface area contributed by atoms with E-state index in [1.54, 1.807) is 7.11 Å². The average Bonchev–Trinajstić information content (AvgIpc) is 2.93. The topological polar surface area (TPSA) is 59.0 Å². The molecule has 2 aromatic carbocycles. The Morgan fingerprint density at radius 2 is 1.00 bits per heavy atom. The summed E-state index contributed by atoms with van der Waals surface area (Å²) in [6, 6.07) is 20.1. The Labute approximate surface area is 220 Å². The zero-order valence-electron chi connectivity index (χ0n) is 22.0. The Balaban J connectivity index is 1.36. The SMILES string of the molecule is COc1cc2nc(c1)COCc1ccc(cc1)OCCCCCCCCCOc1ccc(cc1)COC2. The van der Waals surface area contributed by atoms with E-state index in [0.717, 1.165) is 65.8 Å². The van der Waals surface area contributed by atoms with E-state index in [4.69, 9.17) is 28.7 Å². The summed E-state index contributed by atoms with van der Waals surface area (Å²) < 4.78 is 29.2. The molecular weight excluding hydrogens is 466 g/mol. The van der Waals surface area contributed by atoms with E-state index < -0.39 is 0 Å². The average molecular weight is 506 g/mol. The standard InChI is InChI=1S/C31H39NO5/c1-33-31-19-27-23-34-21-25-9-13-29(14-10-25)36-17-7-5-3-2-4-6-8-18-37-30-15-11-26(12-16-30)22-35-24-28(20-31)32-27/h9-16,19-20H,2-8,17-18,21-24H2,1H3. The molecular formula is C31H39NO5. The summed E-state index contributed by atoms with van der Waals surface area (Å²) >= 11 is 0. The summed E-state index contributed by atoms with van der Waals surface area (Å²) in [7, 11) is 1.66. The molecule has 0 radical (unpaired) electrons. The van der Waals surface area contributed by atoms with Gasteiger partial charge in [0.25, 0.3) is 0 Å². The van der Waals surface area contributed by atoms with Gasteiger partial charge in [0.2, 0.25) is 0 Å². The second-order valence-corrected chi connectivity index (χ2v) is 9.43. The van der Waals surface area contributed by atoms with Crippen molar-refractivity contribution >= 4 is 0 Å². The molecule has 0 N–H and O–H groups in total. The smallest absolute Gasteiger partial charge is 0.122 e. The van der Waals surface area contributed by atoms with Gasteiger partial charge in [0.15, 0.2) is 0 Å². The largest absolute Gasteiger partial charge is 0.497 e. The van der Waals surface area contributed by atoms with Gasteiger partial charge in [-0.05, 0) is 48.2 Å². The molecule has 6 heteroatoms. The number of methoxy groups -OCH3 is 1. The maximum atomic E-state index is 5.93. The van der Waals surface area contributed by atoms with E-state index in [1.807, 2.05) is 36.4 Å². The molecule has 0 saturated carbocycles. The third-order valence-corrected chi connectivity index (χ3v) is 6.35. The highest BCUT2D eigenvalue weighted by molar-refractivity contribution is 5.29. The molecule has 3 aromatic rings. The first-order valence-electron chi connectivity index (χ1n) is 13.4. The van der Waals surface area contributed by atoms with Crippen molar-refractivity contribution in [2.75, 3.05) is 20.3 Å². The van der Waals surface area contributed by atoms with Crippen molar-refractivity contribution < 1.29 is 23.7 Å². The highest BCUT2D eigenvalue weighted by Gasteiger charge is 2.06. The third-order valence-electron chi connectivity index (χ3n) is 6.35. The predicted octanol–water partition coefficient (Wildman–Crippen LogP) is 7.03. The summed E-state index contributed by atoms with van der Waals surface area (Å²) in [5, 5.41) is 0. The zero-order valence-corrected chi connectivity index (χ0v) is 22.0. The van der Waals surface area contributed by atoms with Crippen molar-refractivity contribution in [2.45, 2.75) is 71.4 Å². The van der Waals surface area contributed by atoms with Gasteiger partial charge in [-0.25, -0.2) is 0 Å². The zero-order chi connectivity index (χ0) is 25.5. The van der Waals surface area contributed by atoms with E-state index in [2.05, 4.69) is 24.3 Å². The summed E-state index contributed by atoms with van der Waals surface area (Å²) in [4.78, 5) is 4.70. The Morgan fingerprint density at radius 1 is 0.568 bits per heavy atom. The quantitative estimate of drug-likeness (QED) is 0.354. The lowest BCUT2D eigenvalue weighted by atomic mass is 10.1. The summed E-state index contributed by atoms with van der Waals surface area (Å²) in [6.45, 7) is 3.31. The Morgan fingerprint density at radius 3 is 1.43 bits per heavy atom. The Bertz CT molecular complexity index is 972. The second kappa shape index (κ2) is 15.2. The molecule has 0 spiro atoms. The fourth-order valence-electron chi connectivity index (χ4n) is 4.26. The van der Waals surface area contributed by atoms with Crippen LogP contribution in [0.3, 0.4) is 0 Å². The van der Waals surface area contributed by atoms with Crippen LogP contribution >= 0.6 is 0 Å². The predicted molar refractivity (Wildman–Crippen MR) is 144 cm³/mol. The molecule has 1 aromatic heterocycles. The number of rotatable bonds is 1. The van der Waals surface area contributed by atoms with Gasteiger partial charge in [-0.1, -0.05) is 56.4 Å². The van der Waals surface area contributed by atoms with Gasteiger partial charge in [-0.2, -0.15) is 0 Å². The molecule has 0 aliphatic carbocycles. The number of benzene rings is 2. The molecule has 0 unspecified atom stereocenters. The van der Waals surface area contributed by atoms with E-state index in [-0.39, 0.29) is 0 Å². The number of ether oxygens (including phenoxy) is 5. The molecule has 4 aliphatic rings. The van der Waals surface area contributed by atoms with Crippen LogP contribution in [0.1, 0.15) is 67.5 Å². The maximum absolute atomic E-state index is 5.93. The van der Waals surface area contributed by atoms with Gasteiger partial charge < -0.3 is 23.7 Å². The van der Waals surface area contributed by atoms with Crippen LogP contribution in [0.25, 0.3) is 0 Å². The highest BCUT2D eigenvalue weighted by Crippen LogP contribution is 2.19. The number of aromatic nitrogens is 1. The fourth-order valence-corrected chi connectivity index (χ4v) is 4.26. The van der Waals surface area contributed by atoms with Gasteiger partial charge in [0.05, 0.1) is 58.1 Å². The lowest BCUT2D eigenvalue weighted by Crippen LogP contribution is -2.03. The van der Waals surface area contributed by atoms with Crippen molar-refractivity contribution in [1.29, 1.82) is 0 Å². The first kappa shape index (κ1) is 27.0. The van der Waals surface area contributed by atoms with Crippen LogP contribution < -0.4 is 14.2 Å². The second-order valence-electron chi connectivity index (χ2n) is 9.43. The molecule has 6 bridgehead atoms. The van der Waals surface area contributed by atoms with E-state index in [1.165, 1.54) is 32.1 Å². The molecule has 6 nitrogen and oxygen atoms in total. The van der Waals surface area contributed by atoms with Crippen LogP contribution in [-0.2, 0) is 35.9 Å².